The fourth-order valence-electron chi connectivity index (χ4n) is 2.75. The number of aromatic amines is 2. The van der Waals surface area contributed by atoms with Crippen LogP contribution in [-0.2, 0) is 0 Å². The minimum atomic E-state index is -0.201. The molecule has 5 heteroatoms. The van der Waals surface area contributed by atoms with Gasteiger partial charge in [-0.25, -0.2) is 5.10 Å². The molecule has 4 aromatic rings. The number of fused-ring (bicyclic) bond motifs is 1. The van der Waals surface area contributed by atoms with Crippen LogP contribution in [0.4, 0.5) is 0 Å². The predicted molar refractivity (Wildman–Crippen MR) is 93.0 cm³/mol. The molecule has 3 N–H and O–H groups in total. The SMILES string of the molecule is CC(Oc1cc(-c2cc3ccccc3[nH]2)n[nH]1)c1cccc(O)c1. The number of aromatic nitrogens is 3. The lowest BCUT2D eigenvalue weighted by Crippen LogP contribution is -2.02. The van der Waals surface area contributed by atoms with Crippen LogP contribution in [0.15, 0.2) is 60.7 Å². The van der Waals surface area contributed by atoms with Gasteiger partial charge >= 0.3 is 0 Å². The van der Waals surface area contributed by atoms with Gasteiger partial charge in [-0.05, 0) is 36.8 Å². The Labute approximate surface area is 138 Å². The Hall–Kier alpha value is -3.21. The highest BCUT2D eigenvalue weighted by Crippen LogP contribution is 2.27. The van der Waals surface area contributed by atoms with Crippen LogP contribution in [0.5, 0.6) is 11.6 Å². The molecule has 0 bridgehead atoms. The number of hydrogen-bond acceptors (Lipinski definition) is 3. The van der Waals surface area contributed by atoms with E-state index < -0.39 is 0 Å². The van der Waals surface area contributed by atoms with Crippen molar-refractivity contribution < 1.29 is 9.84 Å². The minimum absolute atomic E-state index is 0.201. The van der Waals surface area contributed by atoms with Crippen molar-refractivity contribution in [3.05, 3.63) is 66.2 Å². The summed E-state index contributed by atoms with van der Waals surface area (Å²) in [5.41, 5.74) is 3.71. The fourth-order valence-corrected chi connectivity index (χ4v) is 2.75. The summed E-state index contributed by atoms with van der Waals surface area (Å²) >= 11 is 0. The molecule has 0 aliphatic rings. The number of H-pyrrole nitrogens is 2. The predicted octanol–water partition coefficient (Wildman–Crippen LogP) is 4.40. The maximum Gasteiger partial charge on any atom is 0.210 e. The van der Waals surface area contributed by atoms with Gasteiger partial charge in [-0.1, -0.05) is 30.3 Å². The Balaban J connectivity index is 1.56. The molecule has 5 nitrogen and oxygen atoms in total. The average Bonchev–Trinajstić information content (AvgIpc) is 3.21. The molecule has 0 aliphatic heterocycles. The average molecular weight is 319 g/mol. The number of nitrogens with one attached hydrogen (secondary N) is 2. The summed E-state index contributed by atoms with van der Waals surface area (Å²) in [5, 5.41) is 17.9. The third-order valence-electron chi connectivity index (χ3n) is 4.00. The molecular weight excluding hydrogens is 302 g/mol. The number of rotatable bonds is 4. The van der Waals surface area contributed by atoms with E-state index in [2.05, 4.69) is 27.3 Å². The summed E-state index contributed by atoms with van der Waals surface area (Å²) in [4.78, 5) is 3.35. The van der Waals surface area contributed by atoms with Gasteiger partial charge in [0.05, 0.1) is 5.69 Å². The van der Waals surface area contributed by atoms with Gasteiger partial charge in [0.15, 0.2) is 0 Å². The number of aromatic hydroxyl groups is 1. The highest BCUT2D eigenvalue weighted by molar-refractivity contribution is 5.85. The van der Waals surface area contributed by atoms with E-state index in [0.29, 0.717) is 5.88 Å². The summed E-state index contributed by atoms with van der Waals surface area (Å²) in [6, 6.07) is 19.1. The van der Waals surface area contributed by atoms with E-state index in [4.69, 9.17) is 4.74 Å². The Bertz CT molecular complexity index is 954. The van der Waals surface area contributed by atoms with Crippen LogP contribution in [0, 0.1) is 0 Å². The first-order chi connectivity index (χ1) is 11.7. The topological polar surface area (TPSA) is 73.9 Å². The van der Waals surface area contributed by atoms with Gasteiger partial charge in [0.25, 0.3) is 0 Å². The molecule has 0 saturated carbocycles. The number of ether oxygens (including phenoxy) is 1. The van der Waals surface area contributed by atoms with Gasteiger partial charge in [-0.3, -0.25) is 0 Å². The molecule has 4 rings (SSSR count). The molecule has 0 amide bonds. The number of para-hydroxylation sites is 1. The first kappa shape index (κ1) is 14.4. The molecular formula is C19H17N3O2. The van der Waals surface area contributed by atoms with Gasteiger partial charge in [0, 0.05) is 17.0 Å². The molecule has 2 heterocycles. The maximum absolute atomic E-state index is 9.57. The summed E-state index contributed by atoms with van der Waals surface area (Å²) < 4.78 is 5.89. The number of hydrogen-bond donors (Lipinski definition) is 3. The van der Waals surface area contributed by atoms with Crippen molar-refractivity contribution in [3.8, 4) is 23.0 Å². The zero-order chi connectivity index (χ0) is 16.5. The highest BCUT2D eigenvalue weighted by Gasteiger charge is 2.12. The van der Waals surface area contributed by atoms with Crippen LogP contribution in [0.3, 0.4) is 0 Å². The Morgan fingerprint density at radius 2 is 1.92 bits per heavy atom. The zero-order valence-electron chi connectivity index (χ0n) is 13.2. The molecule has 1 unspecified atom stereocenters. The largest absolute Gasteiger partial charge is 0.508 e. The van der Waals surface area contributed by atoms with Gasteiger partial charge in [-0.2, -0.15) is 5.10 Å². The van der Waals surface area contributed by atoms with Gasteiger partial charge in [0.2, 0.25) is 5.88 Å². The molecule has 0 aliphatic carbocycles. The summed E-state index contributed by atoms with van der Waals surface area (Å²) in [6.45, 7) is 1.93. The lowest BCUT2D eigenvalue weighted by molar-refractivity contribution is 0.217. The van der Waals surface area contributed by atoms with Crippen molar-refractivity contribution in [2.45, 2.75) is 13.0 Å². The molecule has 1 atom stereocenters. The lowest BCUT2D eigenvalue weighted by atomic mass is 10.1. The van der Waals surface area contributed by atoms with Crippen LogP contribution in [0.2, 0.25) is 0 Å². The van der Waals surface area contributed by atoms with Crippen LogP contribution in [0.1, 0.15) is 18.6 Å². The van der Waals surface area contributed by atoms with Crippen LogP contribution < -0.4 is 4.74 Å². The monoisotopic (exact) mass is 319 g/mol. The smallest absolute Gasteiger partial charge is 0.210 e. The number of phenolic OH excluding ortho intramolecular Hbond substituents is 1. The van der Waals surface area contributed by atoms with Gasteiger partial charge < -0.3 is 14.8 Å². The molecule has 0 spiro atoms. The van der Waals surface area contributed by atoms with E-state index in [1.165, 1.54) is 0 Å². The second-order valence-corrected chi connectivity index (χ2v) is 5.74. The van der Waals surface area contributed by atoms with Gasteiger partial charge in [0.1, 0.15) is 17.5 Å². The van der Waals surface area contributed by atoms with Crippen LogP contribution >= 0.6 is 0 Å². The van der Waals surface area contributed by atoms with E-state index >= 15 is 0 Å². The zero-order valence-corrected chi connectivity index (χ0v) is 13.2. The van der Waals surface area contributed by atoms with Crippen molar-refractivity contribution in [1.82, 2.24) is 15.2 Å². The van der Waals surface area contributed by atoms with E-state index in [1.807, 2.05) is 37.3 Å². The normalized spacial score (nSPS) is 12.4. The quantitative estimate of drug-likeness (QED) is 0.522. The Kier molecular flexibility index (Phi) is 3.46. The third kappa shape index (κ3) is 2.72. The summed E-state index contributed by atoms with van der Waals surface area (Å²) in [5.74, 6) is 0.811. The maximum atomic E-state index is 9.57. The highest BCUT2D eigenvalue weighted by atomic mass is 16.5. The number of nitrogens with zero attached hydrogens (tertiary/aromatic N) is 1. The van der Waals surface area contributed by atoms with E-state index in [9.17, 15) is 5.11 Å². The standard InChI is InChI=1S/C19H17N3O2/c1-12(13-6-4-7-15(23)9-13)24-19-11-18(21-22-19)17-10-14-5-2-3-8-16(14)20-17/h2-12,20,23H,1H3,(H,21,22). The Morgan fingerprint density at radius 3 is 2.75 bits per heavy atom. The first-order valence-electron chi connectivity index (χ1n) is 7.78. The molecule has 2 aromatic heterocycles. The second-order valence-electron chi connectivity index (χ2n) is 5.74. The van der Waals surface area contributed by atoms with Crippen molar-refractivity contribution >= 4 is 10.9 Å². The van der Waals surface area contributed by atoms with Crippen LogP contribution in [-0.4, -0.2) is 20.3 Å². The molecule has 120 valence electrons. The second kappa shape index (κ2) is 5.77. The Morgan fingerprint density at radius 1 is 1.04 bits per heavy atom. The van der Waals surface area contributed by atoms with Crippen molar-refractivity contribution in [3.63, 3.8) is 0 Å². The van der Waals surface area contributed by atoms with Crippen molar-refractivity contribution in [2.75, 3.05) is 0 Å². The van der Waals surface area contributed by atoms with E-state index in [1.54, 1.807) is 18.2 Å². The molecule has 0 fully saturated rings. The first-order valence-corrected chi connectivity index (χ1v) is 7.78. The van der Waals surface area contributed by atoms with Gasteiger partial charge in [-0.15, -0.1) is 0 Å². The lowest BCUT2D eigenvalue weighted by Gasteiger charge is -2.13. The van der Waals surface area contributed by atoms with E-state index in [0.717, 1.165) is 27.9 Å². The van der Waals surface area contributed by atoms with Crippen LogP contribution in [0.25, 0.3) is 22.3 Å². The number of benzene rings is 2. The number of phenols is 1. The van der Waals surface area contributed by atoms with E-state index in [-0.39, 0.29) is 11.9 Å². The molecule has 2 aromatic carbocycles. The summed E-state index contributed by atoms with van der Waals surface area (Å²) in [7, 11) is 0. The summed E-state index contributed by atoms with van der Waals surface area (Å²) in [6.07, 6.45) is -0.201. The van der Waals surface area contributed by atoms with Crippen molar-refractivity contribution in [1.29, 1.82) is 0 Å². The fraction of sp³-hybridized carbons (Fsp3) is 0.105. The third-order valence-corrected chi connectivity index (χ3v) is 4.00. The van der Waals surface area contributed by atoms with Crippen molar-refractivity contribution in [2.24, 2.45) is 0 Å². The molecule has 0 saturated heterocycles. The molecule has 24 heavy (non-hydrogen) atoms. The molecule has 0 radical (unpaired) electrons. The minimum Gasteiger partial charge on any atom is -0.508 e.